The molecule has 0 bridgehead atoms. The second kappa shape index (κ2) is 4.72. The van der Waals surface area contributed by atoms with Crippen molar-refractivity contribution < 1.29 is 19.4 Å². The average Bonchev–Trinajstić information content (AvgIpc) is 2.86. The number of ether oxygens (including phenoxy) is 1. The van der Waals surface area contributed by atoms with Gasteiger partial charge in [-0.15, -0.1) is 0 Å². The molecular formula is C15H10NO5S2-. The van der Waals surface area contributed by atoms with Crippen LogP contribution in [-0.2, 0) is 9.59 Å². The summed E-state index contributed by atoms with van der Waals surface area (Å²) in [5.41, 5.74) is 0.710. The van der Waals surface area contributed by atoms with E-state index in [-0.39, 0.29) is 4.87 Å². The van der Waals surface area contributed by atoms with E-state index in [1.165, 1.54) is 6.92 Å². The second-order valence-corrected chi connectivity index (χ2v) is 8.09. The molecule has 2 aliphatic rings. The molecule has 118 valence electrons. The van der Waals surface area contributed by atoms with E-state index in [2.05, 4.69) is 4.98 Å². The van der Waals surface area contributed by atoms with E-state index in [0.717, 1.165) is 23.1 Å². The molecule has 6 nitrogen and oxygen atoms in total. The number of thiazole rings is 1. The first-order valence-electron chi connectivity index (χ1n) is 6.86. The summed E-state index contributed by atoms with van der Waals surface area (Å²) in [6.07, 6.45) is 0. The fourth-order valence-electron chi connectivity index (χ4n) is 3.20. The molecule has 0 unspecified atom stereocenters. The van der Waals surface area contributed by atoms with Gasteiger partial charge < -0.3 is 19.6 Å². The molecule has 0 amide bonds. The first kappa shape index (κ1) is 14.5. The van der Waals surface area contributed by atoms with Crippen LogP contribution in [0.5, 0.6) is 5.75 Å². The molecular weight excluding hydrogens is 338 g/mol. The molecule has 1 N–H and O–H groups in total. The standard InChI is InChI=1S/C15H11NO5S2/c1-15(13(18)19)9-8(10-11(23-15)16-14(20)22-10)6-4-2-3-5-7(6)21-12(9)17/h2-5,8-9H,1H3,(H,16,20)(H,18,19)/p-1/t8-,9+,15+/m0/s1. The van der Waals surface area contributed by atoms with Crippen LogP contribution in [0.4, 0.5) is 0 Å². The predicted molar refractivity (Wildman–Crippen MR) is 81.6 cm³/mol. The number of carboxylic acid groups (broad SMARTS) is 1. The van der Waals surface area contributed by atoms with Crippen LogP contribution in [0.3, 0.4) is 0 Å². The van der Waals surface area contributed by atoms with Crippen LogP contribution in [-0.4, -0.2) is 21.7 Å². The Kier molecular flexibility index (Phi) is 2.98. The van der Waals surface area contributed by atoms with Gasteiger partial charge in [0.15, 0.2) is 0 Å². The lowest BCUT2D eigenvalue weighted by Gasteiger charge is -2.45. The van der Waals surface area contributed by atoms with Crippen molar-refractivity contribution in [3.05, 3.63) is 44.4 Å². The maximum atomic E-state index is 12.5. The molecule has 8 heteroatoms. The van der Waals surface area contributed by atoms with Gasteiger partial charge in [0, 0.05) is 16.4 Å². The molecule has 4 rings (SSSR count). The molecule has 3 heterocycles. The SMILES string of the molecule is C[C@@]1(C(=O)[O-])Sc2[nH]c(=O)sc2[C@H]2c3ccccc3OC(=O)[C@@H]21. The van der Waals surface area contributed by atoms with Gasteiger partial charge in [-0.1, -0.05) is 41.3 Å². The number of carbonyl (C=O) groups excluding carboxylic acids is 2. The number of hydrogen-bond acceptors (Lipinski definition) is 7. The Bertz CT molecular complexity index is 901. The summed E-state index contributed by atoms with van der Waals surface area (Å²) in [6.45, 7) is 1.44. The minimum atomic E-state index is -1.52. The van der Waals surface area contributed by atoms with Crippen molar-refractivity contribution >= 4 is 35.0 Å². The van der Waals surface area contributed by atoms with E-state index in [9.17, 15) is 19.5 Å². The highest BCUT2D eigenvalue weighted by molar-refractivity contribution is 8.01. The molecule has 2 aromatic rings. The summed E-state index contributed by atoms with van der Waals surface area (Å²) in [6, 6.07) is 6.99. The van der Waals surface area contributed by atoms with E-state index in [4.69, 9.17) is 4.74 Å². The number of aromatic amines is 1. The average molecular weight is 348 g/mol. The number of fused-ring (bicyclic) bond motifs is 5. The van der Waals surface area contributed by atoms with E-state index in [1.54, 1.807) is 24.3 Å². The fraction of sp³-hybridized carbons (Fsp3) is 0.267. The Morgan fingerprint density at radius 2 is 2.09 bits per heavy atom. The number of carbonyl (C=O) groups is 2. The first-order chi connectivity index (χ1) is 10.9. The molecule has 0 aliphatic carbocycles. The van der Waals surface area contributed by atoms with Gasteiger partial charge in [-0.3, -0.25) is 9.59 Å². The van der Waals surface area contributed by atoms with Crippen LogP contribution in [0.25, 0.3) is 0 Å². The lowest BCUT2D eigenvalue weighted by atomic mass is 9.75. The first-order valence-corrected chi connectivity index (χ1v) is 8.49. The van der Waals surface area contributed by atoms with Crippen molar-refractivity contribution in [3.8, 4) is 5.75 Å². The number of rotatable bonds is 1. The molecule has 0 saturated heterocycles. The third-order valence-electron chi connectivity index (χ3n) is 4.29. The Morgan fingerprint density at radius 3 is 2.83 bits per heavy atom. The van der Waals surface area contributed by atoms with Crippen LogP contribution in [0.15, 0.2) is 34.1 Å². The van der Waals surface area contributed by atoms with Gasteiger partial charge in [-0.2, -0.15) is 0 Å². The predicted octanol–water partition coefficient (Wildman–Crippen LogP) is 0.718. The zero-order valence-corrected chi connectivity index (χ0v) is 13.5. The summed E-state index contributed by atoms with van der Waals surface area (Å²) in [5.74, 6) is -3.05. The minimum absolute atomic E-state index is 0.278. The number of esters is 1. The Morgan fingerprint density at radius 1 is 1.35 bits per heavy atom. The van der Waals surface area contributed by atoms with Crippen molar-refractivity contribution in [2.75, 3.05) is 0 Å². The lowest BCUT2D eigenvalue weighted by molar-refractivity contribution is -0.310. The highest BCUT2D eigenvalue weighted by atomic mass is 32.2. The zero-order chi connectivity index (χ0) is 16.4. The molecule has 0 saturated carbocycles. The smallest absolute Gasteiger partial charge is 0.317 e. The van der Waals surface area contributed by atoms with E-state index >= 15 is 0 Å². The van der Waals surface area contributed by atoms with Gasteiger partial charge in [0.2, 0.25) is 0 Å². The Hall–Kier alpha value is -2.06. The maximum absolute atomic E-state index is 12.5. The van der Waals surface area contributed by atoms with Crippen LogP contribution in [0.2, 0.25) is 0 Å². The summed E-state index contributed by atoms with van der Waals surface area (Å²) in [4.78, 5) is 39.1. The molecule has 23 heavy (non-hydrogen) atoms. The normalized spacial score (nSPS) is 28.3. The number of hydrogen-bond donors (Lipinski definition) is 1. The van der Waals surface area contributed by atoms with Gasteiger partial charge in [0.1, 0.15) is 5.75 Å². The molecule has 0 radical (unpaired) electrons. The monoisotopic (exact) mass is 348 g/mol. The summed E-state index contributed by atoms with van der Waals surface area (Å²) < 4.78 is 3.82. The fourth-order valence-corrected chi connectivity index (χ4v) is 5.64. The number of carboxylic acids is 1. The maximum Gasteiger partial charge on any atom is 0.317 e. The summed E-state index contributed by atoms with van der Waals surface area (Å²) >= 11 is 1.95. The van der Waals surface area contributed by atoms with Crippen molar-refractivity contribution in [2.24, 2.45) is 5.92 Å². The summed E-state index contributed by atoms with van der Waals surface area (Å²) in [7, 11) is 0. The van der Waals surface area contributed by atoms with Gasteiger partial charge >= 0.3 is 10.8 Å². The van der Waals surface area contributed by atoms with Crippen molar-refractivity contribution in [2.45, 2.75) is 22.6 Å². The van der Waals surface area contributed by atoms with Crippen LogP contribution in [0, 0.1) is 5.92 Å². The number of para-hydroxylation sites is 1. The highest BCUT2D eigenvalue weighted by Gasteiger charge is 2.55. The van der Waals surface area contributed by atoms with Crippen LogP contribution < -0.4 is 14.7 Å². The van der Waals surface area contributed by atoms with Gasteiger partial charge in [-0.25, -0.2) is 0 Å². The highest BCUT2D eigenvalue weighted by Crippen LogP contribution is 2.57. The van der Waals surface area contributed by atoms with Crippen LogP contribution >= 0.6 is 23.1 Å². The number of aliphatic carboxylic acids is 1. The van der Waals surface area contributed by atoms with E-state index in [0.29, 0.717) is 21.2 Å². The van der Waals surface area contributed by atoms with Gasteiger partial charge in [0.05, 0.1) is 21.7 Å². The molecule has 2 aliphatic heterocycles. The summed E-state index contributed by atoms with van der Waals surface area (Å²) in [5, 5.41) is 12.3. The molecule has 1 aromatic carbocycles. The van der Waals surface area contributed by atoms with Crippen molar-refractivity contribution in [3.63, 3.8) is 0 Å². The molecule has 0 fully saturated rings. The number of nitrogens with one attached hydrogen (secondary N) is 1. The molecule has 0 spiro atoms. The van der Waals surface area contributed by atoms with Gasteiger partial charge in [-0.05, 0) is 13.0 Å². The zero-order valence-electron chi connectivity index (χ0n) is 11.8. The van der Waals surface area contributed by atoms with Gasteiger partial charge in [0.25, 0.3) is 0 Å². The molecule has 1 aromatic heterocycles. The Balaban J connectivity index is 2.03. The number of benzene rings is 1. The second-order valence-electron chi connectivity index (χ2n) is 5.62. The van der Waals surface area contributed by atoms with Crippen LogP contribution in [0.1, 0.15) is 23.3 Å². The third kappa shape index (κ3) is 1.91. The number of thioether (sulfide) groups is 1. The van der Waals surface area contributed by atoms with Crippen molar-refractivity contribution in [1.29, 1.82) is 0 Å². The van der Waals surface area contributed by atoms with E-state index < -0.39 is 28.5 Å². The Labute approximate surface area is 138 Å². The topological polar surface area (TPSA) is 99.3 Å². The lowest BCUT2D eigenvalue weighted by Crippen LogP contribution is -2.56. The third-order valence-corrected chi connectivity index (χ3v) is 6.75. The quantitative estimate of drug-likeness (QED) is 0.602. The van der Waals surface area contributed by atoms with E-state index in [1.807, 2.05) is 0 Å². The number of H-pyrrole nitrogens is 1. The minimum Gasteiger partial charge on any atom is -0.549 e. The number of aromatic nitrogens is 1. The largest absolute Gasteiger partial charge is 0.549 e. The van der Waals surface area contributed by atoms with Crippen molar-refractivity contribution in [1.82, 2.24) is 4.98 Å². The molecule has 3 atom stereocenters.